The zero-order chi connectivity index (χ0) is 27.9. The Morgan fingerprint density at radius 3 is 2.31 bits per heavy atom. The first-order valence-corrected chi connectivity index (χ1v) is 13.7. The van der Waals surface area contributed by atoms with Crippen molar-refractivity contribution in [1.82, 2.24) is 14.5 Å². The summed E-state index contributed by atoms with van der Waals surface area (Å²) < 4.78 is 7.09. The number of aromatic nitrogens is 2. The summed E-state index contributed by atoms with van der Waals surface area (Å²) in [5.41, 5.74) is 1.94. The van der Waals surface area contributed by atoms with E-state index in [0.29, 0.717) is 56.0 Å². The fourth-order valence-corrected chi connectivity index (χ4v) is 5.26. The molecule has 1 saturated heterocycles. The lowest BCUT2D eigenvalue weighted by Gasteiger charge is -2.36. The molecule has 1 aromatic heterocycles. The van der Waals surface area contributed by atoms with Crippen LogP contribution < -0.4 is 15.4 Å². The molecule has 3 heterocycles. The number of carbonyl (C=O) groups excluding carboxylic acids is 2. The minimum absolute atomic E-state index is 0.0917. The van der Waals surface area contributed by atoms with E-state index in [1.807, 2.05) is 63.2 Å². The zero-order valence-corrected chi connectivity index (χ0v) is 23.4. The van der Waals surface area contributed by atoms with Crippen molar-refractivity contribution in [3.05, 3.63) is 64.4 Å². The maximum Gasteiger partial charge on any atom is 0.410 e. The van der Waals surface area contributed by atoms with Crippen molar-refractivity contribution in [2.45, 2.75) is 59.2 Å². The van der Waals surface area contributed by atoms with Gasteiger partial charge in [0, 0.05) is 31.9 Å². The van der Waals surface area contributed by atoms with E-state index in [-0.39, 0.29) is 23.5 Å². The third-order valence-corrected chi connectivity index (χ3v) is 7.16. The molecule has 0 N–H and O–H groups in total. The molecule has 9 nitrogen and oxygen atoms in total. The Morgan fingerprint density at radius 1 is 1.00 bits per heavy atom. The van der Waals surface area contributed by atoms with Crippen LogP contribution in [0.5, 0.6) is 0 Å². The monoisotopic (exact) mass is 531 g/mol. The SMILES string of the molecule is CC(C)CC1C(=O)N(Cc2ccc(N3CCN(C(=O)OC(C)(C)C)CC3)cc2)c2nc3ccccc3c(=O)n21. The number of hydrogen-bond donors (Lipinski definition) is 0. The van der Waals surface area contributed by atoms with Crippen molar-refractivity contribution in [2.24, 2.45) is 5.92 Å². The number of amides is 2. The van der Waals surface area contributed by atoms with E-state index in [2.05, 4.69) is 18.7 Å². The normalized spacial score (nSPS) is 17.7. The first kappa shape index (κ1) is 26.7. The Morgan fingerprint density at radius 2 is 1.67 bits per heavy atom. The van der Waals surface area contributed by atoms with E-state index in [9.17, 15) is 14.4 Å². The second kappa shape index (κ2) is 10.4. The summed E-state index contributed by atoms with van der Waals surface area (Å²) in [5.74, 6) is 0.572. The van der Waals surface area contributed by atoms with Crippen molar-refractivity contribution in [1.29, 1.82) is 0 Å². The highest BCUT2D eigenvalue weighted by atomic mass is 16.6. The number of carbonyl (C=O) groups is 2. The fraction of sp³-hybridized carbons (Fsp3) is 0.467. The predicted octanol–water partition coefficient (Wildman–Crippen LogP) is 4.59. The predicted molar refractivity (Wildman–Crippen MR) is 152 cm³/mol. The number of anilines is 2. The van der Waals surface area contributed by atoms with Gasteiger partial charge in [0.15, 0.2) is 0 Å². The number of hydrogen-bond acceptors (Lipinski definition) is 6. The minimum atomic E-state index is -0.551. The largest absolute Gasteiger partial charge is 0.444 e. The summed E-state index contributed by atoms with van der Waals surface area (Å²) in [6, 6.07) is 14.8. The standard InChI is InChI=1S/C30H37N5O4/c1-20(2)18-25-27(37)34(28-31-24-9-7-6-8-23(24)26(36)35(25)28)19-21-10-12-22(13-11-21)32-14-16-33(17-15-32)29(38)39-30(3,4)5/h6-13,20,25H,14-19H2,1-5H3. The van der Waals surface area contributed by atoms with Crippen LogP contribution in [0.4, 0.5) is 16.4 Å². The van der Waals surface area contributed by atoms with Crippen molar-refractivity contribution in [2.75, 3.05) is 36.0 Å². The van der Waals surface area contributed by atoms with E-state index in [1.165, 1.54) is 0 Å². The van der Waals surface area contributed by atoms with E-state index >= 15 is 0 Å². The van der Waals surface area contributed by atoms with Gasteiger partial charge in [0.1, 0.15) is 11.6 Å². The quantitative estimate of drug-likeness (QED) is 0.479. The second-order valence-electron chi connectivity index (χ2n) is 11.8. The van der Waals surface area contributed by atoms with Crippen LogP contribution in [-0.2, 0) is 16.1 Å². The van der Waals surface area contributed by atoms with Crippen LogP contribution in [0, 0.1) is 5.92 Å². The molecule has 0 bridgehead atoms. The number of rotatable bonds is 5. The molecule has 39 heavy (non-hydrogen) atoms. The molecule has 1 atom stereocenters. The Kier molecular flexibility index (Phi) is 7.09. The summed E-state index contributed by atoms with van der Waals surface area (Å²) in [6.45, 7) is 12.7. The van der Waals surface area contributed by atoms with Gasteiger partial charge >= 0.3 is 6.09 Å². The number of para-hydroxylation sites is 1. The number of fused-ring (bicyclic) bond motifs is 2. The van der Waals surface area contributed by atoms with Gasteiger partial charge in [-0.05, 0) is 62.9 Å². The fourth-order valence-electron chi connectivity index (χ4n) is 5.26. The Labute approximate surface area is 229 Å². The van der Waals surface area contributed by atoms with Crippen LogP contribution in [0.2, 0.25) is 0 Å². The molecule has 0 aliphatic carbocycles. The molecule has 0 spiro atoms. The molecule has 0 radical (unpaired) electrons. The first-order chi connectivity index (χ1) is 18.5. The molecular weight excluding hydrogens is 494 g/mol. The number of nitrogens with zero attached hydrogens (tertiary/aromatic N) is 5. The summed E-state index contributed by atoms with van der Waals surface area (Å²) in [5, 5.41) is 0.528. The highest BCUT2D eigenvalue weighted by Crippen LogP contribution is 2.33. The van der Waals surface area contributed by atoms with E-state index in [0.717, 1.165) is 11.3 Å². The molecule has 1 fully saturated rings. The van der Waals surface area contributed by atoms with Crippen molar-refractivity contribution in [3.63, 3.8) is 0 Å². The average Bonchev–Trinajstić information content (AvgIpc) is 3.14. The summed E-state index contributed by atoms with van der Waals surface area (Å²) in [7, 11) is 0. The Hall–Kier alpha value is -3.88. The van der Waals surface area contributed by atoms with E-state index in [1.54, 1.807) is 20.4 Å². The highest BCUT2D eigenvalue weighted by Gasteiger charge is 2.40. The zero-order valence-electron chi connectivity index (χ0n) is 23.4. The van der Waals surface area contributed by atoms with Crippen molar-refractivity contribution >= 4 is 34.5 Å². The van der Waals surface area contributed by atoms with Gasteiger partial charge in [-0.3, -0.25) is 19.1 Å². The summed E-state index contributed by atoms with van der Waals surface area (Å²) >= 11 is 0. The van der Waals surface area contributed by atoms with Gasteiger partial charge < -0.3 is 14.5 Å². The molecular formula is C30H37N5O4. The average molecular weight is 532 g/mol. The van der Waals surface area contributed by atoms with E-state index in [4.69, 9.17) is 9.72 Å². The van der Waals surface area contributed by atoms with Gasteiger partial charge in [0.25, 0.3) is 11.5 Å². The van der Waals surface area contributed by atoms with Gasteiger partial charge in [-0.2, -0.15) is 0 Å². The molecule has 3 aromatic rings. The lowest BCUT2D eigenvalue weighted by molar-refractivity contribution is -0.121. The molecule has 9 heteroatoms. The van der Waals surface area contributed by atoms with Crippen molar-refractivity contribution in [3.8, 4) is 0 Å². The highest BCUT2D eigenvalue weighted by molar-refractivity contribution is 5.99. The second-order valence-corrected chi connectivity index (χ2v) is 11.8. The molecule has 2 aliphatic heterocycles. The van der Waals surface area contributed by atoms with Gasteiger partial charge in [0.05, 0.1) is 17.4 Å². The van der Waals surface area contributed by atoms with Crippen LogP contribution in [0.1, 0.15) is 52.6 Å². The topological polar surface area (TPSA) is 88.0 Å². The molecule has 206 valence electrons. The minimum Gasteiger partial charge on any atom is -0.444 e. The number of piperazine rings is 1. The van der Waals surface area contributed by atoms with Gasteiger partial charge in [-0.1, -0.05) is 38.1 Å². The summed E-state index contributed by atoms with van der Waals surface area (Å²) in [6.07, 6.45) is 0.306. The molecule has 0 saturated carbocycles. The maximum atomic E-state index is 13.6. The van der Waals surface area contributed by atoms with Crippen LogP contribution in [0.25, 0.3) is 10.9 Å². The Bertz CT molecular complexity index is 1430. The van der Waals surface area contributed by atoms with Crippen LogP contribution in [0.15, 0.2) is 53.3 Å². The lowest BCUT2D eigenvalue weighted by Crippen LogP contribution is -2.50. The lowest BCUT2D eigenvalue weighted by atomic mass is 10.0. The van der Waals surface area contributed by atoms with Crippen LogP contribution >= 0.6 is 0 Å². The Balaban J connectivity index is 1.32. The smallest absolute Gasteiger partial charge is 0.410 e. The maximum absolute atomic E-state index is 13.6. The first-order valence-electron chi connectivity index (χ1n) is 13.7. The van der Waals surface area contributed by atoms with Gasteiger partial charge in [-0.15, -0.1) is 0 Å². The number of ether oxygens (including phenoxy) is 1. The third kappa shape index (κ3) is 5.48. The van der Waals surface area contributed by atoms with Crippen LogP contribution in [-0.4, -0.2) is 58.2 Å². The van der Waals surface area contributed by atoms with E-state index < -0.39 is 11.6 Å². The molecule has 2 aromatic carbocycles. The number of benzene rings is 2. The third-order valence-electron chi connectivity index (χ3n) is 7.16. The van der Waals surface area contributed by atoms with Gasteiger partial charge in [-0.25, -0.2) is 9.78 Å². The van der Waals surface area contributed by atoms with Crippen LogP contribution in [0.3, 0.4) is 0 Å². The molecule has 5 rings (SSSR count). The summed E-state index contributed by atoms with van der Waals surface area (Å²) in [4.78, 5) is 49.8. The molecule has 2 aliphatic rings. The molecule has 2 amide bonds. The van der Waals surface area contributed by atoms with Gasteiger partial charge in [0.2, 0.25) is 5.95 Å². The molecule has 1 unspecified atom stereocenters. The van der Waals surface area contributed by atoms with Crippen molar-refractivity contribution < 1.29 is 14.3 Å².